The van der Waals surface area contributed by atoms with Gasteiger partial charge in [0.25, 0.3) is 0 Å². The molecule has 0 amide bonds. The smallest absolute Gasteiger partial charge is 0.344 e. The molecule has 0 unspecified atom stereocenters. The molecule has 1 heterocycles. The second-order valence-corrected chi connectivity index (χ2v) is 5.51. The van der Waals surface area contributed by atoms with Crippen LogP contribution in [0, 0.1) is 5.82 Å². The number of hydrogen-bond donors (Lipinski definition) is 3. The van der Waals surface area contributed by atoms with Crippen molar-refractivity contribution in [2.45, 2.75) is 29.9 Å². The van der Waals surface area contributed by atoms with Crippen molar-refractivity contribution in [1.29, 1.82) is 0 Å². The zero-order valence-corrected chi connectivity index (χ0v) is 12.2. The lowest BCUT2D eigenvalue weighted by molar-refractivity contribution is 0.318. The fourth-order valence-electron chi connectivity index (χ4n) is 1.76. The maximum atomic E-state index is 13.3. The monoisotopic (exact) mass is 311 g/mol. The van der Waals surface area contributed by atoms with Crippen molar-refractivity contribution >= 4 is 17.6 Å². The number of nitrogens with one attached hydrogen (secondary N) is 1. The molecule has 0 atom stereocenters. The minimum Gasteiger partial charge on any atom is -0.409 e. The quantitative estimate of drug-likeness (QED) is 0.343. The zero-order valence-electron chi connectivity index (χ0n) is 11.4. The van der Waals surface area contributed by atoms with E-state index in [0.29, 0.717) is 10.1 Å². The predicted molar refractivity (Wildman–Crippen MR) is 76.3 cm³/mol. The molecule has 7 nitrogen and oxygen atoms in total. The van der Waals surface area contributed by atoms with Crippen molar-refractivity contribution in [3.8, 4) is 0 Å². The van der Waals surface area contributed by atoms with Gasteiger partial charge >= 0.3 is 5.69 Å². The molecule has 1 aromatic carbocycles. The first-order valence-electron chi connectivity index (χ1n) is 6.06. The molecule has 0 aliphatic heterocycles. The summed E-state index contributed by atoms with van der Waals surface area (Å²) in [5.74, 6) is -0.727. The highest BCUT2D eigenvalue weighted by Crippen LogP contribution is 2.30. The average Bonchev–Trinajstić information content (AvgIpc) is 2.81. The van der Waals surface area contributed by atoms with Gasteiger partial charge in [-0.25, -0.2) is 14.3 Å². The lowest BCUT2D eigenvalue weighted by Crippen LogP contribution is -2.19. The molecule has 0 saturated carbocycles. The number of aromatic amines is 1. The van der Waals surface area contributed by atoms with E-state index in [1.807, 2.05) is 13.8 Å². The maximum absolute atomic E-state index is 13.3. The van der Waals surface area contributed by atoms with Gasteiger partial charge in [-0.3, -0.25) is 4.57 Å². The number of hydrogen-bond acceptors (Lipinski definition) is 5. The summed E-state index contributed by atoms with van der Waals surface area (Å²) in [7, 11) is 0. The fraction of sp³-hybridized carbons (Fsp3) is 0.250. The van der Waals surface area contributed by atoms with Crippen molar-refractivity contribution in [3.63, 3.8) is 0 Å². The Hall–Kier alpha value is -2.29. The first kappa shape index (κ1) is 15.1. The van der Waals surface area contributed by atoms with Crippen LogP contribution < -0.4 is 11.4 Å². The standard InChI is InChI=1S/C12H14FN5O2S/c1-6(2)18-11(19)15-16-12(18)21-9-4-3-7(13)5-8(9)10(14)17-20/h3-6,20H,1-2H3,(H2,14,17)(H,15,19). The normalized spacial score (nSPS) is 12.1. The molecule has 0 fully saturated rings. The number of nitrogens with zero attached hydrogens (tertiary/aromatic N) is 3. The summed E-state index contributed by atoms with van der Waals surface area (Å²) in [4.78, 5) is 12.2. The van der Waals surface area contributed by atoms with Gasteiger partial charge in [-0.05, 0) is 43.8 Å². The molecular weight excluding hydrogens is 297 g/mol. The summed E-state index contributed by atoms with van der Waals surface area (Å²) in [5, 5.41) is 18.4. The van der Waals surface area contributed by atoms with Crippen molar-refractivity contribution in [2.75, 3.05) is 0 Å². The summed E-state index contributed by atoms with van der Waals surface area (Å²) in [5.41, 5.74) is 5.44. The largest absolute Gasteiger partial charge is 0.409 e. The van der Waals surface area contributed by atoms with Crippen molar-refractivity contribution in [3.05, 3.63) is 40.1 Å². The van der Waals surface area contributed by atoms with E-state index in [9.17, 15) is 9.18 Å². The Kier molecular flexibility index (Phi) is 4.32. The van der Waals surface area contributed by atoms with Crippen LogP contribution in [-0.2, 0) is 0 Å². The number of oxime groups is 1. The minimum absolute atomic E-state index is 0.0912. The molecule has 0 bridgehead atoms. The highest BCUT2D eigenvalue weighted by Gasteiger charge is 2.16. The van der Waals surface area contributed by atoms with Crippen LogP contribution in [0.1, 0.15) is 25.5 Å². The van der Waals surface area contributed by atoms with Gasteiger partial charge in [0, 0.05) is 16.5 Å². The van der Waals surface area contributed by atoms with Crippen LogP contribution in [-0.4, -0.2) is 25.8 Å². The Balaban J connectivity index is 2.48. The summed E-state index contributed by atoms with van der Waals surface area (Å²) < 4.78 is 14.8. The van der Waals surface area contributed by atoms with Crippen LogP contribution in [0.2, 0.25) is 0 Å². The molecule has 0 aliphatic carbocycles. The zero-order chi connectivity index (χ0) is 15.6. The van der Waals surface area contributed by atoms with Crippen LogP contribution in [0.3, 0.4) is 0 Å². The number of amidine groups is 1. The average molecular weight is 311 g/mol. The Bertz CT molecular complexity index is 737. The Labute approximate surface area is 123 Å². The molecular formula is C12H14FN5O2S. The first-order valence-corrected chi connectivity index (χ1v) is 6.88. The van der Waals surface area contributed by atoms with Crippen LogP contribution in [0.15, 0.2) is 38.2 Å². The van der Waals surface area contributed by atoms with E-state index in [4.69, 9.17) is 10.9 Å². The van der Waals surface area contributed by atoms with Gasteiger partial charge in [0.2, 0.25) is 0 Å². The number of rotatable bonds is 4. The number of aromatic nitrogens is 3. The van der Waals surface area contributed by atoms with Gasteiger partial charge in [0.1, 0.15) is 5.82 Å². The van der Waals surface area contributed by atoms with E-state index in [0.717, 1.165) is 17.8 Å². The van der Waals surface area contributed by atoms with Crippen LogP contribution in [0.4, 0.5) is 4.39 Å². The summed E-state index contributed by atoms with van der Waals surface area (Å²) >= 11 is 1.12. The van der Waals surface area contributed by atoms with Crippen molar-refractivity contribution in [2.24, 2.45) is 10.9 Å². The highest BCUT2D eigenvalue weighted by molar-refractivity contribution is 7.99. The minimum atomic E-state index is -0.510. The van der Waals surface area contributed by atoms with E-state index < -0.39 is 5.82 Å². The molecule has 2 rings (SSSR count). The Morgan fingerprint density at radius 3 is 2.90 bits per heavy atom. The Morgan fingerprint density at radius 2 is 2.29 bits per heavy atom. The SMILES string of the molecule is CC(C)n1c(Sc2ccc(F)cc2C(N)=NO)n[nH]c1=O. The lowest BCUT2D eigenvalue weighted by atomic mass is 10.2. The summed E-state index contributed by atoms with van der Waals surface area (Å²) in [6.07, 6.45) is 0. The maximum Gasteiger partial charge on any atom is 0.344 e. The van der Waals surface area contributed by atoms with Gasteiger partial charge in [-0.1, -0.05) is 5.16 Å². The van der Waals surface area contributed by atoms with Gasteiger partial charge in [-0.15, -0.1) is 5.10 Å². The molecule has 1 aromatic heterocycles. The fourth-order valence-corrected chi connectivity index (χ4v) is 2.85. The number of H-pyrrole nitrogens is 1. The molecule has 2 aromatic rings. The van der Waals surface area contributed by atoms with Gasteiger partial charge in [-0.2, -0.15) is 0 Å². The summed E-state index contributed by atoms with van der Waals surface area (Å²) in [6.45, 7) is 3.69. The molecule has 4 N–H and O–H groups in total. The van der Waals surface area contributed by atoms with E-state index in [-0.39, 0.29) is 23.1 Å². The van der Waals surface area contributed by atoms with Crippen LogP contribution in [0.5, 0.6) is 0 Å². The molecule has 9 heteroatoms. The van der Waals surface area contributed by atoms with Crippen LogP contribution in [0.25, 0.3) is 0 Å². The first-order chi connectivity index (χ1) is 9.93. The van der Waals surface area contributed by atoms with Crippen LogP contribution >= 0.6 is 11.8 Å². The molecule has 21 heavy (non-hydrogen) atoms. The van der Waals surface area contributed by atoms with Crippen molar-refractivity contribution in [1.82, 2.24) is 14.8 Å². The van der Waals surface area contributed by atoms with E-state index >= 15 is 0 Å². The second kappa shape index (κ2) is 6.00. The molecule has 112 valence electrons. The van der Waals surface area contributed by atoms with Gasteiger partial charge in [0.15, 0.2) is 11.0 Å². The third-order valence-electron chi connectivity index (χ3n) is 2.72. The van der Waals surface area contributed by atoms with E-state index in [2.05, 4.69) is 15.4 Å². The highest BCUT2D eigenvalue weighted by atomic mass is 32.2. The topological polar surface area (TPSA) is 109 Å². The van der Waals surface area contributed by atoms with E-state index in [1.165, 1.54) is 16.7 Å². The molecule has 0 spiro atoms. The van der Waals surface area contributed by atoms with Crippen molar-refractivity contribution < 1.29 is 9.60 Å². The predicted octanol–water partition coefficient (Wildman–Crippen LogP) is 1.54. The molecule has 0 aliphatic rings. The second-order valence-electron chi connectivity index (χ2n) is 4.50. The number of benzene rings is 1. The Morgan fingerprint density at radius 1 is 1.57 bits per heavy atom. The van der Waals surface area contributed by atoms with Gasteiger partial charge in [0.05, 0.1) is 0 Å². The summed E-state index contributed by atoms with van der Waals surface area (Å²) in [6, 6.07) is 3.80. The number of nitrogens with two attached hydrogens (primary N) is 1. The van der Waals surface area contributed by atoms with Gasteiger partial charge < -0.3 is 10.9 Å². The molecule has 0 saturated heterocycles. The third-order valence-corrected chi connectivity index (χ3v) is 3.76. The third kappa shape index (κ3) is 3.07. The lowest BCUT2D eigenvalue weighted by Gasteiger charge is -2.10. The molecule has 0 radical (unpaired) electrons. The van der Waals surface area contributed by atoms with E-state index in [1.54, 1.807) is 0 Å². The number of halogens is 1.